The zero-order valence-corrected chi connectivity index (χ0v) is 32.9. The Morgan fingerprint density at radius 1 is 0.450 bits per heavy atom. The van der Waals surface area contributed by atoms with Gasteiger partial charge in [0, 0.05) is 22.7 Å². The number of hydrogen-bond donors (Lipinski definition) is 0. The van der Waals surface area contributed by atoms with E-state index in [1.807, 2.05) is 6.07 Å². The van der Waals surface area contributed by atoms with Crippen LogP contribution >= 0.6 is 0 Å². The van der Waals surface area contributed by atoms with Crippen LogP contribution in [0.2, 0.25) is 0 Å². The van der Waals surface area contributed by atoms with E-state index in [0.29, 0.717) is 0 Å². The highest BCUT2D eigenvalue weighted by atomic mass is 15.2. The van der Waals surface area contributed by atoms with Gasteiger partial charge in [-0.2, -0.15) is 0 Å². The Morgan fingerprint density at radius 2 is 1.07 bits per heavy atom. The molecule has 0 fully saturated rings. The zero-order valence-electron chi connectivity index (χ0n) is 32.9. The van der Waals surface area contributed by atoms with Crippen LogP contribution in [-0.2, 0) is 5.41 Å². The molecular weight excluding hydrogens is 727 g/mol. The van der Waals surface area contributed by atoms with Crippen molar-refractivity contribution < 1.29 is 0 Å². The lowest BCUT2D eigenvalue weighted by Crippen LogP contribution is -2.36. The summed E-state index contributed by atoms with van der Waals surface area (Å²) < 4.78 is 0. The summed E-state index contributed by atoms with van der Waals surface area (Å²) in [6, 6.07) is 71.1. The molecule has 3 heteroatoms. The van der Waals surface area contributed by atoms with Crippen LogP contribution in [-0.4, -0.2) is 9.97 Å². The van der Waals surface area contributed by atoms with Gasteiger partial charge in [0.25, 0.3) is 0 Å². The van der Waals surface area contributed by atoms with Crippen LogP contribution in [0, 0.1) is 0 Å². The van der Waals surface area contributed by atoms with Gasteiger partial charge in [-0.1, -0.05) is 170 Å². The smallest absolute Gasteiger partial charge is 0.160 e. The maximum Gasteiger partial charge on any atom is 0.160 e. The lowest BCUT2D eigenvalue weighted by molar-refractivity contribution is 0.754. The lowest BCUT2D eigenvalue weighted by Gasteiger charge is -2.45. The van der Waals surface area contributed by atoms with Gasteiger partial charge in [-0.15, -0.1) is 0 Å². The first-order valence-corrected chi connectivity index (χ1v) is 20.8. The Balaban J connectivity index is 1.03. The number of aromatic nitrogens is 2. The molecule has 1 unspecified atom stereocenters. The zero-order chi connectivity index (χ0) is 39.6. The largest absolute Gasteiger partial charge is 0.310 e. The third-order valence-electron chi connectivity index (χ3n) is 12.8. The van der Waals surface area contributed by atoms with E-state index in [1.165, 1.54) is 61.1 Å². The van der Waals surface area contributed by atoms with E-state index < -0.39 is 5.41 Å². The first-order chi connectivity index (χ1) is 29.7. The molecule has 3 aliphatic rings. The molecule has 1 aromatic heterocycles. The molecule has 8 aromatic carbocycles. The molecule has 0 saturated carbocycles. The van der Waals surface area contributed by atoms with E-state index in [4.69, 9.17) is 9.97 Å². The van der Waals surface area contributed by atoms with E-state index in [-0.39, 0.29) is 5.92 Å². The van der Waals surface area contributed by atoms with Crippen molar-refractivity contribution in [2.75, 3.05) is 4.90 Å². The summed E-state index contributed by atoms with van der Waals surface area (Å²) in [5.41, 5.74) is 17.2. The van der Waals surface area contributed by atoms with Gasteiger partial charge in [-0.3, -0.25) is 0 Å². The van der Waals surface area contributed by atoms with Crippen molar-refractivity contribution in [1.82, 2.24) is 9.97 Å². The van der Waals surface area contributed by atoms with Crippen LogP contribution in [0.25, 0.3) is 55.7 Å². The molecule has 0 radical (unpaired) electrons. The summed E-state index contributed by atoms with van der Waals surface area (Å²) in [5.74, 6) is 0.962. The molecule has 0 bridgehead atoms. The standard InChI is InChI=1S/C57H39N3/c1-4-16-39(17-5-1)52-37-53(40-18-6-2-7-19-40)59-56(58-52)41-30-28-38(29-31-41)44-32-33-46-47-34-42-20-10-11-21-43(42)35-51(47)57(50(46)36-44)48-24-12-14-26-54(48)60(45-22-8-3-9-23-45)55-27-15-13-25-49(55)57/h1-18,20-37,40H,19H2. The van der Waals surface area contributed by atoms with Gasteiger partial charge >= 0.3 is 0 Å². The molecule has 2 aliphatic carbocycles. The van der Waals surface area contributed by atoms with Crippen LogP contribution in [0.4, 0.5) is 17.1 Å². The number of para-hydroxylation sites is 3. The van der Waals surface area contributed by atoms with E-state index in [2.05, 4.69) is 217 Å². The van der Waals surface area contributed by atoms with Gasteiger partial charge in [-0.05, 0) is 110 Å². The number of nitrogens with zero attached hydrogens (tertiary/aromatic N) is 3. The summed E-state index contributed by atoms with van der Waals surface area (Å²) in [6.07, 6.45) is 9.63. The predicted molar refractivity (Wildman–Crippen MR) is 247 cm³/mol. The van der Waals surface area contributed by atoms with E-state index in [9.17, 15) is 0 Å². The van der Waals surface area contributed by atoms with Crippen LogP contribution in [0.15, 0.2) is 218 Å². The average molecular weight is 766 g/mol. The highest BCUT2D eigenvalue weighted by Crippen LogP contribution is 2.64. The molecule has 0 N–H and O–H groups in total. The van der Waals surface area contributed by atoms with E-state index in [1.54, 1.807) is 0 Å². The Morgan fingerprint density at radius 3 is 1.78 bits per heavy atom. The minimum absolute atomic E-state index is 0.216. The molecule has 1 atom stereocenters. The molecule has 60 heavy (non-hydrogen) atoms. The topological polar surface area (TPSA) is 29.0 Å². The van der Waals surface area contributed by atoms with Gasteiger partial charge in [0.1, 0.15) is 0 Å². The fourth-order valence-electron chi connectivity index (χ4n) is 10.0. The molecule has 3 nitrogen and oxygen atoms in total. The monoisotopic (exact) mass is 765 g/mol. The SMILES string of the molecule is C1=CCC(c2cc(-c3ccccc3)nc(-c3ccc(-c4ccc5c(c4)C4(c6cc7ccccc7cc6-5)c5ccccc5N(c5ccccc5)c5ccccc54)cc3)n2)C=C1. The van der Waals surface area contributed by atoms with Gasteiger partial charge in [-0.25, -0.2) is 9.97 Å². The lowest BCUT2D eigenvalue weighted by atomic mass is 9.64. The molecule has 12 rings (SSSR count). The van der Waals surface area contributed by atoms with Gasteiger partial charge < -0.3 is 4.90 Å². The first-order valence-electron chi connectivity index (χ1n) is 20.8. The van der Waals surface area contributed by atoms with Crippen molar-refractivity contribution in [3.63, 3.8) is 0 Å². The molecule has 0 amide bonds. The van der Waals surface area contributed by atoms with Crippen molar-refractivity contribution >= 4 is 27.8 Å². The molecule has 0 saturated heterocycles. The number of benzene rings is 8. The van der Waals surface area contributed by atoms with Crippen LogP contribution in [0.5, 0.6) is 0 Å². The highest BCUT2D eigenvalue weighted by Gasteiger charge is 2.52. The molecule has 1 aliphatic heterocycles. The minimum Gasteiger partial charge on any atom is -0.310 e. The number of rotatable bonds is 5. The second-order valence-corrected chi connectivity index (χ2v) is 16.1. The number of anilines is 3. The maximum absolute atomic E-state index is 5.18. The second kappa shape index (κ2) is 13.8. The summed E-state index contributed by atoms with van der Waals surface area (Å²) in [7, 11) is 0. The highest BCUT2D eigenvalue weighted by molar-refractivity contribution is 6.00. The minimum atomic E-state index is -0.548. The fourth-order valence-corrected chi connectivity index (χ4v) is 10.0. The van der Waals surface area contributed by atoms with Crippen molar-refractivity contribution in [2.24, 2.45) is 0 Å². The summed E-state index contributed by atoms with van der Waals surface area (Å²) in [6.45, 7) is 0. The van der Waals surface area contributed by atoms with Crippen LogP contribution in [0.1, 0.15) is 40.3 Å². The Bertz CT molecular complexity index is 3130. The maximum atomic E-state index is 5.18. The second-order valence-electron chi connectivity index (χ2n) is 16.1. The number of fused-ring (bicyclic) bond motifs is 10. The third-order valence-corrected chi connectivity index (χ3v) is 12.8. The predicted octanol–water partition coefficient (Wildman–Crippen LogP) is 14.4. The van der Waals surface area contributed by atoms with Crippen LogP contribution in [0.3, 0.4) is 0 Å². The van der Waals surface area contributed by atoms with Gasteiger partial charge in [0.05, 0.1) is 28.2 Å². The number of hydrogen-bond acceptors (Lipinski definition) is 3. The fraction of sp³-hybridized carbons (Fsp3) is 0.0526. The number of allylic oxidation sites excluding steroid dienone is 4. The average Bonchev–Trinajstić information content (AvgIpc) is 3.60. The Hall–Kier alpha value is -7.62. The molecule has 282 valence electrons. The van der Waals surface area contributed by atoms with Gasteiger partial charge in [0.15, 0.2) is 5.82 Å². The van der Waals surface area contributed by atoms with Gasteiger partial charge in [0.2, 0.25) is 0 Å². The normalized spacial score (nSPS) is 15.4. The van der Waals surface area contributed by atoms with Crippen molar-refractivity contribution in [2.45, 2.75) is 17.8 Å². The van der Waals surface area contributed by atoms with Crippen molar-refractivity contribution in [1.29, 1.82) is 0 Å². The summed E-state index contributed by atoms with van der Waals surface area (Å²) >= 11 is 0. The third kappa shape index (κ3) is 5.29. The van der Waals surface area contributed by atoms with Crippen LogP contribution < -0.4 is 4.90 Å². The Labute approximate surface area is 350 Å². The summed E-state index contributed by atoms with van der Waals surface area (Å²) in [5, 5.41) is 2.50. The summed E-state index contributed by atoms with van der Waals surface area (Å²) in [4.78, 5) is 12.8. The van der Waals surface area contributed by atoms with Crippen molar-refractivity contribution in [3.05, 3.63) is 246 Å². The Kier molecular flexibility index (Phi) is 7.89. The van der Waals surface area contributed by atoms with E-state index >= 15 is 0 Å². The van der Waals surface area contributed by atoms with Crippen molar-refractivity contribution in [3.8, 4) is 44.9 Å². The molecule has 9 aromatic rings. The quantitative estimate of drug-likeness (QED) is 0.175. The first kappa shape index (κ1) is 34.4. The molecule has 2 heterocycles. The molecular formula is C57H39N3. The van der Waals surface area contributed by atoms with E-state index in [0.717, 1.165) is 46.0 Å². The molecule has 1 spiro atoms.